The number of nitrogens with one attached hydrogen (secondary N) is 1. The molecule has 0 aliphatic heterocycles. The van der Waals surface area contributed by atoms with E-state index in [0.717, 1.165) is 5.56 Å². The van der Waals surface area contributed by atoms with Gasteiger partial charge < -0.3 is 14.9 Å². The number of halogens is 2. The van der Waals surface area contributed by atoms with Crippen molar-refractivity contribution in [3.8, 4) is 11.8 Å². The highest BCUT2D eigenvalue weighted by atomic mass is 35.5. The summed E-state index contributed by atoms with van der Waals surface area (Å²) in [4.78, 5) is 25.6. The lowest BCUT2D eigenvalue weighted by Gasteiger charge is -2.33. The minimum Gasteiger partial charge on any atom is -0.369 e. The summed E-state index contributed by atoms with van der Waals surface area (Å²) in [6, 6.07) is 16.2. The molecule has 0 aliphatic carbocycles. The molecule has 8 heteroatoms. The molecule has 0 fully saturated rings. The lowest BCUT2D eigenvalue weighted by molar-refractivity contribution is -0.130. The quantitative estimate of drug-likeness (QED) is 0.322. The number of aliphatic hydroxyl groups is 1. The van der Waals surface area contributed by atoms with Crippen molar-refractivity contribution < 1.29 is 18.8 Å². The molecule has 0 saturated carbocycles. The molecule has 1 aromatic heterocycles. The SMILES string of the molecule is Cc1ccc(C#CC(O)(CC(C)(C)c2c(F)cccc2Cl)C(=O)Nc2ccc3c(=O)onc(C)c3c2)cc1. The molecule has 1 atom stereocenters. The Hall–Kier alpha value is -3.99. The molecule has 38 heavy (non-hydrogen) atoms. The lowest BCUT2D eigenvalue weighted by atomic mass is 9.74. The van der Waals surface area contributed by atoms with Crippen LogP contribution in [0.3, 0.4) is 0 Å². The fourth-order valence-electron chi connectivity index (χ4n) is 4.41. The van der Waals surface area contributed by atoms with E-state index < -0.39 is 28.4 Å². The average molecular weight is 533 g/mol. The number of rotatable bonds is 5. The van der Waals surface area contributed by atoms with Gasteiger partial charge in [0.1, 0.15) is 5.82 Å². The Morgan fingerprint density at radius 2 is 1.82 bits per heavy atom. The van der Waals surface area contributed by atoms with E-state index in [-0.39, 0.29) is 17.0 Å². The summed E-state index contributed by atoms with van der Waals surface area (Å²) < 4.78 is 19.6. The smallest absolute Gasteiger partial charge is 0.366 e. The van der Waals surface area contributed by atoms with Crippen LogP contribution in [0.15, 0.2) is 70.0 Å². The van der Waals surface area contributed by atoms with E-state index >= 15 is 0 Å². The highest BCUT2D eigenvalue weighted by Gasteiger charge is 2.42. The minimum absolute atomic E-state index is 0.171. The van der Waals surface area contributed by atoms with Crippen LogP contribution in [0.2, 0.25) is 5.02 Å². The highest BCUT2D eigenvalue weighted by molar-refractivity contribution is 6.31. The van der Waals surface area contributed by atoms with Crippen LogP contribution in [0, 0.1) is 31.5 Å². The normalized spacial score (nSPS) is 12.9. The fraction of sp³-hybridized carbons (Fsp3) is 0.233. The molecule has 0 bridgehead atoms. The molecule has 1 heterocycles. The summed E-state index contributed by atoms with van der Waals surface area (Å²) in [5, 5.41) is 19.1. The van der Waals surface area contributed by atoms with Gasteiger partial charge in [-0.05, 0) is 61.7 Å². The second-order valence-electron chi connectivity index (χ2n) is 9.90. The van der Waals surface area contributed by atoms with Crippen molar-refractivity contribution in [2.24, 2.45) is 0 Å². The van der Waals surface area contributed by atoms with Gasteiger partial charge in [-0.15, -0.1) is 0 Å². The topological polar surface area (TPSA) is 92.4 Å². The van der Waals surface area contributed by atoms with Crippen LogP contribution in [-0.2, 0) is 10.2 Å². The van der Waals surface area contributed by atoms with Crippen LogP contribution < -0.4 is 10.9 Å². The summed E-state index contributed by atoms with van der Waals surface area (Å²) in [5.41, 5.74) is -1.35. The lowest BCUT2D eigenvalue weighted by Crippen LogP contribution is -2.46. The third-order valence-corrected chi connectivity index (χ3v) is 6.65. The predicted octanol–water partition coefficient (Wildman–Crippen LogP) is 5.69. The highest BCUT2D eigenvalue weighted by Crippen LogP contribution is 2.38. The van der Waals surface area contributed by atoms with Crippen molar-refractivity contribution in [3.63, 3.8) is 0 Å². The standard InChI is InChI=1S/C30H26ClFN2O4/c1-18-8-10-20(11-9-18)14-15-30(37,17-29(3,4)26-24(31)6-5-7-25(26)32)28(36)33-21-12-13-22-23(16-21)19(2)34-38-27(22)35/h5-13,16,37H,17H2,1-4H3,(H,33,36). The number of fused-ring (bicyclic) bond motifs is 1. The maximum atomic E-state index is 14.8. The van der Waals surface area contributed by atoms with Crippen molar-refractivity contribution in [2.45, 2.75) is 45.1 Å². The third-order valence-electron chi connectivity index (χ3n) is 6.33. The van der Waals surface area contributed by atoms with E-state index in [1.807, 2.05) is 19.1 Å². The second-order valence-corrected chi connectivity index (χ2v) is 10.3. The Bertz CT molecular complexity index is 1630. The molecular formula is C30H26ClFN2O4. The summed E-state index contributed by atoms with van der Waals surface area (Å²) in [5.74, 6) is 4.24. The number of nitrogens with zero attached hydrogens (tertiary/aromatic N) is 1. The van der Waals surface area contributed by atoms with Crippen molar-refractivity contribution in [1.29, 1.82) is 0 Å². The molecule has 4 aromatic rings. The number of hydrogen-bond donors (Lipinski definition) is 2. The summed E-state index contributed by atoms with van der Waals surface area (Å²) in [6.45, 7) is 6.98. The Morgan fingerprint density at radius 3 is 2.50 bits per heavy atom. The zero-order chi connectivity index (χ0) is 27.7. The molecule has 0 aliphatic rings. The predicted molar refractivity (Wildman–Crippen MR) is 146 cm³/mol. The molecule has 0 radical (unpaired) electrons. The van der Waals surface area contributed by atoms with Crippen molar-refractivity contribution >= 4 is 34.0 Å². The first-order valence-corrected chi connectivity index (χ1v) is 12.3. The molecule has 3 aromatic carbocycles. The van der Waals surface area contributed by atoms with E-state index in [1.165, 1.54) is 24.3 Å². The molecule has 6 nitrogen and oxygen atoms in total. The van der Waals surface area contributed by atoms with Crippen molar-refractivity contribution in [1.82, 2.24) is 5.16 Å². The van der Waals surface area contributed by atoms with E-state index in [2.05, 4.69) is 22.3 Å². The molecule has 1 unspecified atom stereocenters. The molecule has 1 amide bonds. The van der Waals surface area contributed by atoms with Crippen LogP contribution in [-0.4, -0.2) is 21.8 Å². The van der Waals surface area contributed by atoms with Crippen LogP contribution in [0.1, 0.15) is 42.7 Å². The number of carbonyl (C=O) groups is 1. The van der Waals surface area contributed by atoms with Gasteiger partial charge in [-0.25, -0.2) is 9.18 Å². The first kappa shape index (κ1) is 27.1. The van der Waals surface area contributed by atoms with Gasteiger partial charge in [-0.3, -0.25) is 4.79 Å². The van der Waals surface area contributed by atoms with Gasteiger partial charge in [0.25, 0.3) is 5.91 Å². The maximum absolute atomic E-state index is 14.8. The zero-order valence-electron chi connectivity index (χ0n) is 21.4. The number of aromatic nitrogens is 1. The summed E-state index contributed by atoms with van der Waals surface area (Å²) >= 11 is 6.33. The Labute approximate surface area is 224 Å². The largest absolute Gasteiger partial charge is 0.369 e. The van der Waals surface area contributed by atoms with Crippen molar-refractivity contribution in [3.05, 3.63) is 104 Å². The van der Waals surface area contributed by atoms with E-state index in [0.29, 0.717) is 27.7 Å². The fourth-order valence-corrected chi connectivity index (χ4v) is 4.83. The Kier molecular flexibility index (Phi) is 7.41. The first-order valence-electron chi connectivity index (χ1n) is 11.9. The van der Waals surface area contributed by atoms with E-state index in [4.69, 9.17) is 16.1 Å². The summed E-state index contributed by atoms with van der Waals surface area (Å²) in [6.07, 6.45) is -0.261. The Morgan fingerprint density at radius 1 is 1.11 bits per heavy atom. The molecule has 0 saturated heterocycles. The van der Waals surface area contributed by atoms with E-state index in [1.54, 1.807) is 45.0 Å². The van der Waals surface area contributed by atoms with Crippen LogP contribution in [0.5, 0.6) is 0 Å². The average Bonchev–Trinajstić information content (AvgIpc) is 2.85. The van der Waals surface area contributed by atoms with E-state index in [9.17, 15) is 19.1 Å². The van der Waals surface area contributed by atoms with Gasteiger partial charge in [0.15, 0.2) is 0 Å². The first-order chi connectivity index (χ1) is 17.9. The monoisotopic (exact) mass is 532 g/mol. The Balaban J connectivity index is 1.75. The summed E-state index contributed by atoms with van der Waals surface area (Å²) in [7, 11) is 0. The van der Waals surface area contributed by atoms with Gasteiger partial charge in [-0.1, -0.05) is 66.2 Å². The van der Waals surface area contributed by atoms with Crippen LogP contribution in [0.4, 0.5) is 10.1 Å². The number of aryl methyl sites for hydroxylation is 2. The maximum Gasteiger partial charge on any atom is 0.366 e. The molecule has 0 spiro atoms. The zero-order valence-corrected chi connectivity index (χ0v) is 22.1. The number of amides is 1. The molecule has 2 N–H and O–H groups in total. The van der Waals surface area contributed by atoms with Gasteiger partial charge in [0.2, 0.25) is 5.60 Å². The van der Waals surface area contributed by atoms with Gasteiger partial charge in [0, 0.05) is 33.6 Å². The number of carbonyl (C=O) groups excluding carboxylic acids is 1. The van der Waals surface area contributed by atoms with Gasteiger partial charge in [-0.2, -0.15) is 0 Å². The number of anilines is 1. The van der Waals surface area contributed by atoms with Crippen LogP contribution >= 0.6 is 11.6 Å². The molecule has 194 valence electrons. The van der Waals surface area contributed by atoms with Crippen molar-refractivity contribution in [2.75, 3.05) is 5.32 Å². The number of benzene rings is 3. The van der Waals surface area contributed by atoms with Crippen LogP contribution in [0.25, 0.3) is 10.8 Å². The van der Waals surface area contributed by atoms with Gasteiger partial charge in [0.05, 0.1) is 11.1 Å². The third kappa shape index (κ3) is 5.62. The number of hydrogen-bond acceptors (Lipinski definition) is 5. The minimum atomic E-state index is -2.24. The van der Waals surface area contributed by atoms with Gasteiger partial charge >= 0.3 is 5.63 Å². The molecular weight excluding hydrogens is 507 g/mol. The second kappa shape index (κ2) is 10.4. The molecule has 4 rings (SSSR count).